The van der Waals surface area contributed by atoms with Gasteiger partial charge in [0.2, 0.25) is 11.6 Å². The van der Waals surface area contributed by atoms with Crippen LogP contribution < -0.4 is 0 Å². The number of carbonyl (C=O) groups is 2. The van der Waals surface area contributed by atoms with Crippen molar-refractivity contribution in [1.29, 1.82) is 0 Å². The van der Waals surface area contributed by atoms with Crippen LogP contribution in [0.15, 0.2) is 23.2 Å². The first-order valence-corrected chi connectivity index (χ1v) is 8.38. The molecule has 0 fully saturated rings. The molecule has 0 atom stereocenters. The Bertz CT molecular complexity index is 462. The maximum absolute atomic E-state index is 12.0. The summed E-state index contributed by atoms with van der Waals surface area (Å²) in [5.74, 6) is -0.301. The highest BCUT2D eigenvalue weighted by Crippen LogP contribution is 2.26. The van der Waals surface area contributed by atoms with Crippen molar-refractivity contribution in [3.8, 4) is 0 Å². The molecule has 0 spiro atoms. The van der Waals surface area contributed by atoms with Crippen molar-refractivity contribution in [3.63, 3.8) is 0 Å². The van der Waals surface area contributed by atoms with Crippen molar-refractivity contribution in [1.82, 2.24) is 0 Å². The topological polar surface area (TPSA) is 72.8 Å². The van der Waals surface area contributed by atoms with Gasteiger partial charge in [-0.15, -0.1) is 0 Å². The minimum atomic E-state index is -0.540. The first-order valence-electron chi connectivity index (χ1n) is 8.38. The Morgan fingerprint density at radius 3 is 1.96 bits per heavy atom. The molecule has 1 aliphatic rings. The SMILES string of the molecule is COC1=CC(=O)C(=O)C(CCCCCCCCCCO)=C1OC. The second kappa shape index (κ2) is 11.0. The Morgan fingerprint density at radius 2 is 1.43 bits per heavy atom. The molecule has 0 unspecified atom stereocenters. The van der Waals surface area contributed by atoms with Crippen LogP contribution >= 0.6 is 0 Å². The second-order valence-corrected chi connectivity index (χ2v) is 5.72. The highest BCUT2D eigenvalue weighted by molar-refractivity contribution is 6.48. The van der Waals surface area contributed by atoms with Gasteiger partial charge in [0.05, 0.1) is 14.2 Å². The van der Waals surface area contributed by atoms with Crippen LogP contribution in [0, 0.1) is 0 Å². The average Bonchev–Trinajstić information content (AvgIpc) is 2.56. The van der Waals surface area contributed by atoms with E-state index in [9.17, 15) is 9.59 Å². The molecule has 0 aromatic rings. The highest BCUT2D eigenvalue weighted by Gasteiger charge is 2.29. The summed E-state index contributed by atoms with van der Waals surface area (Å²) in [6.07, 6.45) is 10.2. The Balaban J connectivity index is 2.37. The number of aliphatic hydroxyl groups is 1. The normalized spacial score (nSPS) is 15.0. The summed E-state index contributed by atoms with van der Waals surface area (Å²) in [7, 11) is 2.94. The van der Waals surface area contributed by atoms with E-state index < -0.39 is 11.6 Å². The molecule has 0 bridgehead atoms. The van der Waals surface area contributed by atoms with Crippen LogP contribution in [0.3, 0.4) is 0 Å². The van der Waals surface area contributed by atoms with Gasteiger partial charge >= 0.3 is 0 Å². The first-order chi connectivity index (χ1) is 11.2. The lowest BCUT2D eigenvalue weighted by Crippen LogP contribution is -2.22. The van der Waals surface area contributed by atoms with Crippen LogP contribution in [0.4, 0.5) is 0 Å². The predicted molar refractivity (Wildman–Crippen MR) is 87.8 cm³/mol. The predicted octanol–water partition coefficient (Wildman–Crippen LogP) is 3.07. The number of hydrogen-bond acceptors (Lipinski definition) is 5. The summed E-state index contributed by atoms with van der Waals surface area (Å²) in [5.41, 5.74) is 0.430. The van der Waals surface area contributed by atoms with Gasteiger partial charge in [-0.05, 0) is 19.3 Å². The van der Waals surface area contributed by atoms with E-state index in [0.717, 1.165) is 44.9 Å². The summed E-state index contributed by atoms with van der Waals surface area (Å²) in [4.78, 5) is 23.7. The van der Waals surface area contributed by atoms with Gasteiger partial charge in [-0.3, -0.25) is 9.59 Å². The molecule has 0 amide bonds. The van der Waals surface area contributed by atoms with Gasteiger partial charge in [0.1, 0.15) is 0 Å². The van der Waals surface area contributed by atoms with E-state index in [1.54, 1.807) is 0 Å². The zero-order chi connectivity index (χ0) is 17.1. The quantitative estimate of drug-likeness (QED) is 0.339. The number of methoxy groups -OCH3 is 2. The van der Waals surface area contributed by atoms with Gasteiger partial charge in [0.25, 0.3) is 0 Å². The van der Waals surface area contributed by atoms with Gasteiger partial charge < -0.3 is 14.6 Å². The largest absolute Gasteiger partial charge is 0.493 e. The van der Waals surface area contributed by atoms with Crippen molar-refractivity contribution in [2.24, 2.45) is 0 Å². The van der Waals surface area contributed by atoms with E-state index >= 15 is 0 Å². The summed E-state index contributed by atoms with van der Waals surface area (Å²) in [5, 5.41) is 8.70. The molecule has 0 saturated carbocycles. The van der Waals surface area contributed by atoms with Crippen molar-refractivity contribution >= 4 is 11.6 Å². The molecular weight excluding hydrogens is 296 g/mol. The third-order valence-corrected chi connectivity index (χ3v) is 4.02. The van der Waals surface area contributed by atoms with E-state index in [1.165, 1.54) is 26.7 Å². The lowest BCUT2D eigenvalue weighted by atomic mass is 9.94. The summed E-state index contributed by atoms with van der Waals surface area (Å²) in [6, 6.07) is 0. The number of unbranched alkanes of at least 4 members (excludes halogenated alkanes) is 7. The minimum Gasteiger partial charge on any atom is -0.493 e. The second-order valence-electron chi connectivity index (χ2n) is 5.72. The maximum atomic E-state index is 12.0. The fourth-order valence-electron chi connectivity index (χ4n) is 2.73. The smallest absolute Gasteiger partial charge is 0.232 e. The van der Waals surface area contributed by atoms with Crippen LogP contribution in [0.5, 0.6) is 0 Å². The molecule has 1 N–H and O–H groups in total. The number of carbonyl (C=O) groups excluding carboxylic acids is 2. The zero-order valence-electron chi connectivity index (χ0n) is 14.2. The van der Waals surface area contributed by atoms with Gasteiger partial charge in [-0.25, -0.2) is 0 Å². The van der Waals surface area contributed by atoms with Crippen LogP contribution in [-0.2, 0) is 19.1 Å². The van der Waals surface area contributed by atoms with E-state index in [2.05, 4.69) is 0 Å². The molecule has 5 heteroatoms. The molecule has 0 aliphatic heterocycles. The number of aliphatic hydroxyl groups excluding tert-OH is 1. The van der Waals surface area contributed by atoms with Gasteiger partial charge in [0, 0.05) is 18.3 Å². The molecule has 0 heterocycles. The van der Waals surface area contributed by atoms with Crippen molar-refractivity contribution in [2.45, 2.75) is 57.8 Å². The van der Waals surface area contributed by atoms with E-state index in [0.29, 0.717) is 23.5 Å². The molecular formula is C18H28O5. The molecule has 0 radical (unpaired) electrons. The molecule has 0 saturated heterocycles. The van der Waals surface area contributed by atoms with Crippen LogP contribution in [0.2, 0.25) is 0 Å². The van der Waals surface area contributed by atoms with Gasteiger partial charge in [0.15, 0.2) is 11.5 Å². The Morgan fingerprint density at radius 1 is 0.870 bits per heavy atom. The number of allylic oxidation sites excluding steroid dienone is 2. The molecule has 0 aromatic heterocycles. The zero-order valence-corrected chi connectivity index (χ0v) is 14.2. The minimum absolute atomic E-state index is 0.279. The monoisotopic (exact) mass is 324 g/mol. The third kappa shape index (κ3) is 6.18. The molecule has 5 nitrogen and oxygen atoms in total. The van der Waals surface area contributed by atoms with Crippen LogP contribution in [0.1, 0.15) is 57.8 Å². The summed E-state index contributed by atoms with van der Waals surface area (Å²) in [6.45, 7) is 0.279. The lowest BCUT2D eigenvalue weighted by molar-refractivity contribution is -0.132. The molecule has 23 heavy (non-hydrogen) atoms. The standard InChI is InChI=1S/C18H28O5/c1-22-16-13-15(20)17(21)14(18(16)23-2)11-9-7-5-3-4-6-8-10-12-19/h13,19H,3-12H2,1-2H3. The Labute approximate surface area is 138 Å². The third-order valence-electron chi connectivity index (χ3n) is 4.02. The number of Topliss-reactive ketones (excluding diaryl/α,β-unsaturated/α-hetero) is 1. The number of ketones is 2. The molecule has 130 valence electrons. The number of ether oxygens (including phenoxy) is 2. The van der Waals surface area contributed by atoms with E-state index in [-0.39, 0.29) is 6.61 Å². The molecule has 1 rings (SSSR count). The van der Waals surface area contributed by atoms with Crippen LogP contribution in [-0.4, -0.2) is 37.5 Å². The van der Waals surface area contributed by atoms with Crippen molar-refractivity contribution in [2.75, 3.05) is 20.8 Å². The fourth-order valence-corrected chi connectivity index (χ4v) is 2.73. The lowest BCUT2D eigenvalue weighted by Gasteiger charge is -2.18. The summed E-state index contributed by atoms with van der Waals surface area (Å²) < 4.78 is 10.4. The Hall–Kier alpha value is -1.62. The summed E-state index contributed by atoms with van der Waals surface area (Å²) >= 11 is 0. The van der Waals surface area contributed by atoms with Gasteiger partial charge in [-0.1, -0.05) is 38.5 Å². The van der Waals surface area contributed by atoms with Crippen molar-refractivity contribution in [3.05, 3.63) is 23.2 Å². The molecule has 1 aliphatic carbocycles. The fraction of sp³-hybridized carbons (Fsp3) is 0.667. The Kier molecular flexibility index (Phi) is 9.29. The first kappa shape index (κ1) is 19.4. The van der Waals surface area contributed by atoms with Crippen molar-refractivity contribution < 1.29 is 24.2 Å². The van der Waals surface area contributed by atoms with E-state index in [4.69, 9.17) is 14.6 Å². The number of hydrogen-bond donors (Lipinski definition) is 1. The van der Waals surface area contributed by atoms with Gasteiger partial charge in [-0.2, -0.15) is 0 Å². The maximum Gasteiger partial charge on any atom is 0.232 e. The molecule has 0 aromatic carbocycles. The van der Waals surface area contributed by atoms with Crippen LogP contribution in [0.25, 0.3) is 0 Å². The highest BCUT2D eigenvalue weighted by atomic mass is 16.5. The van der Waals surface area contributed by atoms with E-state index in [1.807, 2.05) is 0 Å². The number of rotatable bonds is 12. The average molecular weight is 324 g/mol.